The van der Waals surface area contributed by atoms with Crippen molar-refractivity contribution in [2.24, 2.45) is 0 Å². The number of aromatic nitrogens is 1. The summed E-state index contributed by atoms with van der Waals surface area (Å²) in [5.74, 6) is 0.191. The van der Waals surface area contributed by atoms with Gasteiger partial charge in [0.1, 0.15) is 11.6 Å². The number of benzene rings is 1. The van der Waals surface area contributed by atoms with Crippen LogP contribution in [0.25, 0.3) is 10.9 Å². The molecule has 1 heterocycles. The zero-order valence-electron chi connectivity index (χ0n) is 12.5. The molecule has 0 aliphatic carbocycles. The second-order valence-electron chi connectivity index (χ2n) is 5.00. The Labute approximate surface area is 131 Å². The lowest BCUT2D eigenvalue weighted by molar-refractivity contribution is -0.127. The maximum absolute atomic E-state index is 14.3. The standard InChI is InChI=1S/C15H18BrFN2O2/c1-5-19-8-9(6-12(20)18(2)3)13-14(19)11(17)7-10(16)15(13)21-4/h7-8H,5-6H2,1-4H3. The Hall–Kier alpha value is -1.56. The summed E-state index contributed by atoms with van der Waals surface area (Å²) in [7, 11) is 4.95. The number of carbonyl (C=O) groups excluding carboxylic acids is 1. The molecule has 2 aromatic rings. The van der Waals surface area contributed by atoms with Crippen molar-refractivity contribution in [1.82, 2.24) is 9.47 Å². The predicted molar refractivity (Wildman–Crippen MR) is 84.2 cm³/mol. The van der Waals surface area contributed by atoms with Crippen molar-refractivity contribution in [3.8, 4) is 5.75 Å². The first-order valence-electron chi connectivity index (χ1n) is 6.64. The van der Waals surface area contributed by atoms with E-state index in [1.165, 1.54) is 18.1 Å². The summed E-state index contributed by atoms with van der Waals surface area (Å²) < 4.78 is 22.1. The van der Waals surface area contributed by atoms with E-state index in [2.05, 4.69) is 15.9 Å². The lowest BCUT2D eigenvalue weighted by atomic mass is 10.1. The zero-order valence-corrected chi connectivity index (χ0v) is 14.1. The fourth-order valence-electron chi connectivity index (χ4n) is 2.39. The van der Waals surface area contributed by atoms with Crippen LogP contribution in [0.5, 0.6) is 5.75 Å². The third-order valence-electron chi connectivity index (χ3n) is 3.47. The van der Waals surface area contributed by atoms with Crippen LogP contribution < -0.4 is 4.74 Å². The molecule has 1 amide bonds. The van der Waals surface area contributed by atoms with Crippen LogP contribution in [0.4, 0.5) is 4.39 Å². The van der Waals surface area contributed by atoms with Gasteiger partial charge in [-0.2, -0.15) is 0 Å². The number of methoxy groups -OCH3 is 1. The number of hydrogen-bond donors (Lipinski definition) is 0. The van der Waals surface area contributed by atoms with E-state index in [1.54, 1.807) is 18.7 Å². The first-order valence-corrected chi connectivity index (χ1v) is 7.43. The first kappa shape index (κ1) is 15.8. The van der Waals surface area contributed by atoms with Gasteiger partial charge in [0.2, 0.25) is 5.91 Å². The van der Waals surface area contributed by atoms with Crippen LogP contribution >= 0.6 is 15.9 Å². The molecule has 0 fully saturated rings. The first-order chi connectivity index (χ1) is 9.90. The molecule has 0 saturated carbocycles. The van der Waals surface area contributed by atoms with Crippen molar-refractivity contribution >= 4 is 32.7 Å². The van der Waals surface area contributed by atoms with Gasteiger partial charge >= 0.3 is 0 Å². The van der Waals surface area contributed by atoms with Crippen molar-refractivity contribution in [2.75, 3.05) is 21.2 Å². The molecule has 0 unspecified atom stereocenters. The smallest absolute Gasteiger partial charge is 0.226 e. The van der Waals surface area contributed by atoms with E-state index < -0.39 is 0 Å². The average Bonchev–Trinajstić information content (AvgIpc) is 2.78. The minimum absolute atomic E-state index is 0.0346. The van der Waals surface area contributed by atoms with Gasteiger partial charge in [-0.05, 0) is 34.5 Å². The second kappa shape index (κ2) is 6.05. The summed E-state index contributed by atoms with van der Waals surface area (Å²) in [5.41, 5.74) is 1.24. The van der Waals surface area contributed by atoms with Gasteiger partial charge in [0, 0.05) is 32.2 Å². The minimum Gasteiger partial charge on any atom is -0.495 e. The number of amides is 1. The number of nitrogens with zero attached hydrogens (tertiary/aromatic N) is 2. The molecular weight excluding hydrogens is 339 g/mol. The van der Waals surface area contributed by atoms with Crippen LogP contribution in [0.2, 0.25) is 0 Å². The van der Waals surface area contributed by atoms with Gasteiger partial charge in [-0.3, -0.25) is 4.79 Å². The van der Waals surface area contributed by atoms with E-state index in [-0.39, 0.29) is 18.1 Å². The summed E-state index contributed by atoms with van der Waals surface area (Å²) in [6, 6.07) is 1.39. The highest BCUT2D eigenvalue weighted by molar-refractivity contribution is 9.10. The van der Waals surface area contributed by atoms with E-state index in [4.69, 9.17) is 4.74 Å². The molecule has 4 nitrogen and oxygen atoms in total. The molecule has 0 saturated heterocycles. The third-order valence-corrected chi connectivity index (χ3v) is 4.05. The fourth-order valence-corrected chi connectivity index (χ4v) is 2.95. The molecule has 0 atom stereocenters. The summed E-state index contributed by atoms with van der Waals surface area (Å²) in [4.78, 5) is 13.5. The molecule has 6 heteroatoms. The maximum atomic E-state index is 14.3. The van der Waals surface area contributed by atoms with E-state index in [1.807, 2.05) is 13.1 Å². The lowest BCUT2D eigenvalue weighted by Crippen LogP contribution is -2.23. The quantitative estimate of drug-likeness (QED) is 0.842. The molecule has 0 N–H and O–H groups in total. The molecule has 0 spiro atoms. The van der Waals surface area contributed by atoms with Crippen LogP contribution in [0, 0.1) is 5.82 Å². The molecule has 0 aliphatic heterocycles. The van der Waals surface area contributed by atoms with E-state index >= 15 is 0 Å². The molecule has 114 valence electrons. The van der Waals surface area contributed by atoms with E-state index in [0.717, 1.165) is 5.56 Å². The number of aryl methyl sites for hydroxylation is 1. The average molecular weight is 357 g/mol. The summed E-state index contributed by atoms with van der Waals surface area (Å²) in [6.45, 7) is 2.55. The van der Waals surface area contributed by atoms with Crippen LogP contribution in [0.15, 0.2) is 16.7 Å². The number of carbonyl (C=O) groups is 1. The summed E-state index contributed by atoms with van der Waals surface area (Å²) in [6.07, 6.45) is 2.03. The Morgan fingerprint density at radius 3 is 2.67 bits per heavy atom. The Morgan fingerprint density at radius 1 is 1.48 bits per heavy atom. The number of halogens is 2. The molecule has 0 radical (unpaired) electrons. The van der Waals surface area contributed by atoms with Crippen LogP contribution in [0.3, 0.4) is 0 Å². The van der Waals surface area contributed by atoms with Gasteiger partial charge in [0.05, 0.1) is 23.5 Å². The monoisotopic (exact) mass is 356 g/mol. The molecular formula is C15H18BrFN2O2. The van der Waals surface area contributed by atoms with E-state index in [0.29, 0.717) is 27.7 Å². The van der Waals surface area contributed by atoms with Crippen LogP contribution in [-0.2, 0) is 17.8 Å². The predicted octanol–water partition coefficient (Wildman–Crippen LogP) is 3.20. The van der Waals surface area contributed by atoms with Crippen LogP contribution in [0.1, 0.15) is 12.5 Å². The number of likely N-dealkylation sites (N-methyl/N-ethyl adjacent to an activating group) is 1. The number of ether oxygens (including phenoxy) is 1. The van der Waals surface area contributed by atoms with Crippen molar-refractivity contribution < 1.29 is 13.9 Å². The topological polar surface area (TPSA) is 34.5 Å². The Kier molecular flexibility index (Phi) is 4.56. The SMILES string of the molecule is CCn1cc(CC(=O)N(C)C)c2c(OC)c(Br)cc(F)c21. The van der Waals surface area contributed by atoms with Gasteiger partial charge in [-0.15, -0.1) is 0 Å². The van der Waals surface area contributed by atoms with Crippen molar-refractivity contribution in [3.63, 3.8) is 0 Å². The number of fused-ring (bicyclic) bond motifs is 1. The van der Waals surface area contributed by atoms with Crippen molar-refractivity contribution in [2.45, 2.75) is 19.9 Å². The Balaban J connectivity index is 2.73. The Bertz CT molecular complexity index is 695. The lowest BCUT2D eigenvalue weighted by Gasteiger charge is -2.11. The van der Waals surface area contributed by atoms with Crippen molar-refractivity contribution in [3.05, 3.63) is 28.1 Å². The maximum Gasteiger partial charge on any atom is 0.226 e. The van der Waals surface area contributed by atoms with Gasteiger partial charge in [0.15, 0.2) is 0 Å². The molecule has 1 aromatic heterocycles. The summed E-state index contributed by atoms with van der Waals surface area (Å²) >= 11 is 3.32. The van der Waals surface area contributed by atoms with Crippen LogP contribution in [-0.4, -0.2) is 36.6 Å². The molecule has 2 rings (SSSR count). The molecule has 0 bridgehead atoms. The highest BCUT2D eigenvalue weighted by Crippen LogP contribution is 2.39. The normalized spacial score (nSPS) is 11.0. The molecule has 21 heavy (non-hydrogen) atoms. The minimum atomic E-state index is -0.330. The third kappa shape index (κ3) is 2.77. The van der Waals surface area contributed by atoms with Gasteiger partial charge in [-0.1, -0.05) is 0 Å². The summed E-state index contributed by atoms with van der Waals surface area (Å²) in [5, 5.41) is 0.654. The second-order valence-corrected chi connectivity index (χ2v) is 5.86. The number of hydrogen-bond acceptors (Lipinski definition) is 2. The number of rotatable bonds is 4. The fraction of sp³-hybridized carbons (Fsp3) is 0.400. The highest BCUT2D eigenvalue weighted by atomic mass is 79.9. The molecule has 0 aliphatic rings. The zero-order chi connectivity index (χ0) is 15.7. The highest BCUT2D eigenvalue weighted by Gasteiger charge is 2.21. The van der Waals surface area contributed by atoms with Gasteiger partial charge < -0.3 is 14.2 Å². The molecule has 1 aromatic carbocycles. The van der Waals surface area contributed by atoms with Crippen molar-refractivity contribution in [1.29, 1.82) is 0 Å². The Morgan fingerprint density at radius 2 is 2.14 bits per heavy atom. The van der Waals surface area contributed by atoms with Gasteiger partial charge in [0.25, 0.3) is 0 Å². The van der Waals surface area contributed by atoms with E-state index in [9.17, 15) is 9.18 Å². The largest absolute Gasteiger partial charge is 0.495 e. The van der Waals surface area contributed by atoms with Gasteiger partial charge in [-0.25, -0.2) is 4.39 Å².